The summed E-state index contributed by atoms with van der Waals surface area (Å²) in [5.41, 5.74) is 7.29. The Morgan fingerprint density at radius 2 is 1.90 bits per heavy atom. The van der Waals surface area contributed by atoms with Crippen molar-refractivity contribution in [2.45, 2.75) is 58.5 Å². The maximum atomic E-state index is 6.25. The van der Waals surface area contributed by atoms with Crippen LogP contribution in [0.3, 0.4) is 0 Å². The molecule has 1 fully saturated rings. The van der Waals surface area contributed by atoms with Gasteiger partial charge in [-0.3, -0.25) is 0 Å². The van der Waals surface area contributed by atoms with Crippen LogP contribution in [0.25, 0.3) is 0 Å². The van der Waals surface area contributed by atoms with Gasteiger partial charge in [-0.25, -0.2) is 0 Å². The van der Waals surface area contributed by atoms with Gasteiger partial charge in [-0.15, -0.1) is 0 Å². The maximum absolute atomic E-state index is 6.25. The summed E-state index contributed by atoms with van der Waals surface area (Å²) in [6.07, 6.45) is 7.70. The van der Waals surface area contributed by atoms with E-state index in [2.05, 4.69) is 38.1 Å². The molecule has 3 atom stereocenters. The lowest BCUT2D eigenvalue weighted by atomic mass is 9.78. The highest BCUT2D eigenvalue weighted by Crippen LogP contribution is 2.34. The lowest BCUT2D eigenvalue weighted by Gasteiger charge is -2.35. The lowest BCUT2D eigenvalue weighted by Crippen LogP contribution is -2.38. The van der Waals surface area contributed by atoms with E-state index in [1.54, 1.807) is 0 Å². The third-order valence-electron chi connectivity index (χ3n) is 4.66. The van der Waals surface area contributed by atoms with Gasteiger partial charge in [0, 0.05) is 5.92 Å². The highest BCUT2D eigenvalue weighted by molar-refractivity contribution is 5.27. The summed E-state index contributed by atoms with van der Waals surface area (Å²) in [5, 5.41) is 0. The van der Waals surface area contributed by atoms with Crippen LogP contribution < -0.4 is 10.5 Å². The minimum Gasteiger partial charge on any atom is -0.490 e. The molecule has 1 aliphatic rings. The van der Waals surface area contributed by atoms with Crippen molar-refractivity contribution >= 4 is 0 Å². The number of hydrogen-bond acceptors (Lipinski definition) is 2. The highest BCUT2D eigenvalue weighted by Gasteiger charge is 2.30. The Labute approximate surface area is 123 Å². The predicted molar refractivity (Wildman–Crippen MR) is 85.0 cm³/mol. The molecule has 1 aliphatic carbocycles. The minimum absolute atomic E-state index is 0.303. The van der Waals surface area contributed by atoms with E-state index in [-0.39, 0.29) is 0 Å². The molecule has 3 unspecified atom stereocenters. The van der Waals surface area contributed by atoms with Crippen LogP contribution in [0.2, 0.25) is 0 Å². The average molecular weight is 275 g/mol. The first kappa shape index (κ1) is 15.4. The normalized spacial score (nSPS) is 26.4. The summed E-state index contributed by atoms with van der Waals surface area (Å²) < 4.78 is 6.25. The Morgan fingerprint density at radius 3 is 2.50 bits per heavy atom. The van der Waals surface area contributed by atoms with Crippen molar-refractivity contribution in [2.75, 3.05) is 6.54 Å². The summed E-state index contributed by atoms with van der Waals surface area (Å²) >= 11 is 0. The standard InChI is InChI=1S/C18H29NO/c1-3-5-15-6-9-16(13-19)18(12-15)20-17-10-7-14(4-2)8-11-17/h7-8,10-11,15-16,18H,3-6,9,12-13,19H2,1-2H3. The van der Waals surface area contributed by atoms with Crippen molar-refractivity contribution in [2.24, 2.45) is 17.6 Å². The summed E-state index contributed by atoms with van der Waals surface area (Å²) in [5.74, 6) is 2.35. The molecule has 2 N–H and O–H groups in total. The van der Waals surface area contributed by atoms with E-state index in [1.165, 1.54) is 37.7 Å². The molecule has 2 heteroatoms. The van der Waals surface area contributed by atoms with E-state index in [0.717, 1.165) is 24.6 Å². The van der Waals surface area contributed by atoms with Gasteiger partial charge in [-0.1, -0.05) is 38.8 Å². The van der Waals surface area contributed by atoms with E-state index in [0.29, 0.717) is 12.0 Å². The molecule has 0 aromatic heterocycles. The quantitative estimate of drug-likeness (QED) is 0.845. The maximum Gasteiger partial charge on any atom is 0.119 e. The second-order valence-corrected chi connectivity index (χ2v) is 6.12. The van der Waals surface area contributed by atoms with Crippen LogP contribution >= 0.6 is 0 Å². The zero-order valence-corrected chi connectivity index (χ0v) is 13.0. The number of ether oxygens (including phenoxy) is 1. The van der Waals surface area contributed by atoms with E-state index < -0.39 is 0 Å². The largest absolute Gasteiger partial charge is 0.490 e. The van der Waals surface area contributed by atoms with Crippen LogP contribution in [0.5, 0.6) is 5.75 Å². The molecule has 0 bridgehead atoms. The third kappa shape index (κ3) is 3.99. The summed E-state index contributed by atoms with van der Waals surface area (Å²) in [7, 11) is 0. The van der Waals surface area contributed by atoms with Crippen LogP contribution in [0.4, 0.5) is 0 Å². The molecule has 0 aliphatic heterocycles. The average Bonchev–Trinajstić information content (AvgIpc) is 2.49. The predicted octanol–water partition coefficient (Wildman–Crippen LogP) is 4.17. The van der Waals surface area contributed by atoms with Crippen LogP contribution in [0.1, 0.15) is 51.5 Å². The van der Waals surface area contributed by atoms with Gasteiger partial charge in [0.1, 0.15) is 11.9 Å². The lowest BCUT2D eigenvalue weighted by molar-refractivity contribution is 0.0669. The molecule has 2 rings (SSSR count). The Morgan fingerprint density at radius 1 is 1.15 bits per heavy atom. The first-order chi connectivity index (χ1) is 9.76. The third-order valence-corrected chi connectivity index (χ3v) is 4.66. The second-order valence-electron chi connectivity index (χ2n) is 6.12. The van der Waals surface area contributed by atoms with Gasteiger partial charge < -0.3 is 10.5 Å². The number of benzene rings is 1. The van der Waals surface area contributed by atoms with Gasteiger partial charge >= 0.3 is 0 Å². The summed E-state index contributed by atoms with van der Waals surface area (Å²) in [4.78, 5) is 0. The van der Waals surface area contributed by atoms with E-state index in [1.807, 2.05) is 0 Å². The number of rotatable bonds is 6. The summed E-state index contributed by atoms with van der Waals surface area (Å²) in [6, 6.07) is 8.55. The zero-order valence-electron chi connectivity index (χ0n) is 13.0. The van der Waals surface area contributed by atoms with Crippen molar-refractivity contribution in [1.82, 2.24) is 0 Å². The Kier molecular flexibility index (Phi) is 5.90. The molecule has 0 spiro atoms. The van der Waals surface area contributed by atoms with Gasteiger partial charge in [-0.2, -0.15) is 0 Å². The fraction of sp³-hybridized carbons (Fsp3) is 0.667. The molecule has 1 aromatic carbocycles. The fourth-order valence-corrected chi connectivity index (χ4v) is 3.34. The fourth-order valence-electron chi connectivity index (χ4n) is 3.34. The smallest absolute Gasteiger partial charge is 0.119 e. The van der Waals surface area contributed by atoms with Gasteiger partial charge in [0.15, 0.2) is 0 Å². The highest BCUT2D eigenvalue weighted by atomic mass is 16.5. The Hall–Kier alpha value is -1.02. The summed E-state index contributed by atoms with van der Waals surface area (Å²) in [6.45, 7) is 5.20. The van der Waals surface area contributed by atoms with Crippen molar-refractivity contribution < 1.29 is 4.74 Å². The van der Waals surface area contributed by atoms with Crippen LogP contribution in [0, 0.1) is 11.8 Å². The molecule has 0 heterocycles. The van der Waals surface area contributed by atoms with E-state index in [4.69, 9.17) is 10.5 Å². The number of hydrogen-bond donors (Lipinski definition) is 1. The Bertz CT molecular complexity index is 387. The first-order valence-corrected chi connectivity index (χ1v) is 8.22. The topological polar surface area (TPSA) is 35.2 Å². The number of aryl methyl sites for hydroxylation is 1. The van der Waals surface area contributed by atoms with Crippen LogP contribution in [-0.4, -0.2) is 12.6 Å². The molecule has 0 amide bonds. The molecule has 0 saturated heterocycles. The first-order valence-electron chi connectivity index (χ1n) is 8.22. The SMILES string of the molecule is CCCC1CCC(CN)C(Oc2ccc(CC)cc2)C1. The van der Waals surface area contributed by atoms with Crippen LogP contribution in [0.15, 0.2) is 24.3 Å². The molecule has 2 nitrogen and oxygen atoms in total. The monoisotopic (exact) mass is 275 g/mol. The molecular formula is C18H29NO. The Balaban J connectivity index is 1.99. The number of nitrogens with two attached hydrogens (primary N) is 1. The van der Waals surface area contributed by atoms with Gasteiger partial charge in [0.25, 0.3) is 0 Å². The van der Waals surface area contributed by atoms with Crippen LogP contribution in [-0.2, 0) is 6.42 Å². The minimum atomic E-state index is 0.303. The molecule has 0 radical (unpaired) electrons. The zero-order chi connectivity index (χ0) is 14.4. The van der Waals surface area contributed by atoms with Gasteiger partial charge in [0.05, 0.1) is 0 Å². The van der Waals surface area contributed by atoms with Gasteiger partial charge in [0.2, 0.25) is 0 Å². The van der Waals surface area contributed by atoms with E-state index in [9.17, 15) is 0 Å². The van der Waals surface area contributed by atoms with Crippen molar-refractivity contribution in [3.63, 3.8) is 0 Å². The molecule has 20 heavy (non-hydrogen) atoms. The molecule has 1 aromatic rings. The van der Waals surface area contributed by atoms with Crippen molar-refractivity contribution in [3.8, 4) is 5.75 Å². The van der Waals surface area contributed by atoms with Crippen molar-refractivity contribution in [1.29, 1.82) is 0 Å². The van der Waals surface area contributed by atoms with Crippen molar-refractivity contribution in [3.05, 3.63) is 29.8 Å². The second kappa shape index (κ2) is 7.68. The van der Waals surface area contributed by atoms with Gasteiger partial charge in [-0.05, 0) is 55.8 Å². The molecule has 1 saturated carbocycles. The van der Waals surface area contributed by atoms with E-state index >= 15 is 0 Å². The molecule has 112 valence electrons. The molecular weight excluding hydrogens is 246 g/mol.